The lowest BCUT2D eigenvalue weighted by atomic mass is 10.00. The van der Waals surface area contributed by atoms with Crippen molar-refractivity contribution in [3.05, 3.63) is 42.6 Å². The molecule has 0 atom stereocenters. The molecule has 0 unspecified atom stereocenters. The van der Waals surface area contributed by atoms with E-state index in [4.69, 9.17) is 14.2 Å². The van der Waals surface area contributed by atoms with E-state index in [0.717, 1.165) is 32.4 Å². The fourth-order valence-corrected chi connectivity index (χ4v) is 3.59. The van der Waals surface area contributed by atoms with Gasteiger partial charge in [0.25, 0.3) is 0 Å². The van der Waals surface area contributed by atoms with Crippen molar-refractivity contribution in [2.24, 2.45) is 7.05 Å². The van der Waals surface area contributed by atoms with Crippen LogP contribution in [0.4, 0.5) is 0 Å². The number of nitrogens with zero attached hydrogens (tertiary/aromatic N) is 1. The molecule has 0 spiro atoms. The molecule has 1 N–H and O–H groups in total. The molecular formula is C21H20NO4+. The van der Waals surface area contributed by atoms with Crippen LogP contribution in [0.2, 0.25) is 0 Å². The minimum absolute atomic E-state index is 0.125. The molecule has 26 heavy (non-hydrogen) atoms. The summed E-state index contributed by atoms with van der Waals surface area (Å²) in [5.41, 5.74) is 1.03. The van der Waals surface area contributed by atoms with Crippen LogP contribution in [0.15, 0.2) is 42.6 Å². The summed E-state index contributed by atoms with van der Waals surface area (Å²) in [6.07, 6.45) is 2.06. The van der Waals surface area contributed by atoms with Crippen molar-refractivity contribution in [3.63, 3.8) is 0 Å². The molecule has 0 radical (unpaired) electrons. The summed E-state index contributed by atoms with van der Waals surface area (Å²) in [5.74, 6) is 1.97. The molecule has 132 valence electrons. The number of aromatic hydroxyl groups is 1. The summed E-state index contributed by atoms with van der Waals surface area (Å²) >= 11 is 0. The molecule has 0 saturated heterocycles. The maximum atomic E-state index is 10.3. The smallest absolute Gasteiger partial charge is 0.220 e. The van der Waals surface area contributed by atoms with E-state index in [1.807, 2.05) is 31.3 Å². The van der Waals surface area contributed by atoms with Crippen molar-refractivity contribution in [1.82, 2.24) is 0 Å². The number of aromatic nitrogens is 1. The third-order valence-electron chi connectivity index (χ3n) is 4.82. The molecule has 0 aliphatic heterocycles. The van der Waals surface area contributed by atoms with E-state index in [9.17, 15) is 5.11 Å². The Balaban J connectivity index is 2.17. The largest absolute Gasteiger partial charge is 0.504 e. The average molecular weight is 350 g/mol. The monoisotopic (exact) mass is 350 g/mol. The average Bonchev–Trinajstić information content (AvgIpc) is 2.65. The number of benzene rings is 3. The van der Waals surface area contributed by atoms with Gasteiger partial charge in [-0.1, -0.05) is 6.07 Å². The summed E-state index contributed by atoms with van der Waals surface area (Å²) in [6, 6.07) is 11.7. The van der Waals surface area contributed by atoms with Crippen LogP contribution in [-0.2, 0) is 7.05 Å². The molecule has 0 aliphatic carbocycles. The van der Waals surface area contributed by atoms with Gasteiger partial charge in [0, 0.05) is 5.39 Å². The minimum atomic E-state index is 0.125. The molecule has 0 aliphatic rings. The van der Waals surface area contributed by atoms with Crippen LogP contribution < -0.4 is 18.8 Å². The lowest BCUT2D eigenvalue weighted by Gasteiger charge is -2.11. The van der Waals surface area contributed by atoms with Gasteiger partial charge >= 0.3 is 0 Å². The Labute approximate surface area is 151 Å². The quantitative estimate of drug-likeness (QED) is 0.452. The van der Waals surface area contributed by atoms with Crippen molar-refractivity contribution in [3.8, 4) is 23.0 Å². The summed E-state index contributed by atoms with van der Waals surface area (Å²) in [6.45, 7) is 0. The summed E-state index contributed by atoms with van der Waals surface area (Å²) in [4.78, 5) is 0. The highest BCUT2D eigenvalue weighted by atomic mass is 16.5. The van der Waals surface area contributed by atoms with Crippen LogP contribution in [-0.4, -0.2) is 26.4 Å². The molecule has 1 aromatic heterocycles. The Bertz CT molecular complexity index is 1170. The number of pyridine rings is 1. The summed E-state index contributed by atoms with van der Waals surface area (Å²) in [7, 11) is 6.82. The van der Waals surface area contributed by atoms with Gasteiger partial charge < -0.3 is 19.3 Å². The van der Waals surface area contributed by atoms with E-state index in [1.165, 1.54) is 0 Å². The van der Waals surface area contributed by atoms with Crippen molar-refractivity contribution in [2.75, 3.05) is 21.3 Å². The number of hydrogen-bond donors (Lipinski definition) is 1. The third kappa shape index (κ3) is 2.28. The molecule has 1 heterocycles. The highest BCUT2D eigenvalue weighted by Crippen LogP contribution is 2.38. The highest BCUT2D eigenvalue weighted by molar-refractivity contribution is 6.14. The molecule has 0 bridgehead atoms. The molecule has 0 amide bonds. The Hall–Kier alpha value is -3.21. The Morgan fingerprint density at radius 1 is 0.731 bits per heavy atom. The number of rotatable bonds is 3. The topological polar surface area (TPSA) is 51.8 Å². The van der Waals surface area contributed by atoms with Gasteiger partial charge in [0.05, 0.1) is 37.5 Å². The van der Waals surface area contributed by atoms with Gasteiger partial charge in [0.15, 0.2) is 29.2 Å². The molecule has 5 nitrogen and oxygen atoms in total. The van der Waals surface area contributed by atoms with Gasteiger partial charge in [-0.05, 0) is 35.7 Å². The fraction of sp³-hybridized carbons (Fsp3) is 0.190. The van der Waals surface area contributed by atoms with Gasteiger partial charge in [-0.3, -0.25) is 0 Å². The molecule has 4 rings (SSSR count). The van der Waals surface area contributed by atoms with Crippen molar-refractivity contribution < 1.29 is 23.9 Å². The molecule has 0 saturated carbocycles. The lowest BCUT2D eigenvalue weighted by molar-refractivity contribution is -0.642. The second kappa shape index (κ2) is 5.95. The van der Waals surface area contributed by atoms with Gasteiger partial charge in [-0.15, -0.1) is 0 Å². The third-order valence-corrected chi connectivity index (χ3v) is 4.82. The number of methoxy groups -OCH3 is 3. The van der Waals surface area contributed by atoms with E-state index >= 15 is 0 Å². The standard InChI is InChI=1S/C21H19NO4/c1-22-11-13-8-19(25-3)20(26-4)10-15(13)14-6-5-12-7-18(24-2)17(23)9-16(12)21(14)22/h5-11H,1-4H3/p+1. The molecule has 0 fully saturated rings. The normalized spacial score (nSPS) is 11.2. The van der Waals surface area contributed by atoms with Crippen molar-refractivity contribution in [2.45, 2.75) is 0 Å². The number of fused-ring (bicyclic) bond motifs is 5. The predicted octanol–water partition coefficient (Wildman–Crippen LogP) is 3.70. The van der Waals surface area contributed by atoms with Crippen LogP contribution >= 0.6 is 0 Å². The number of phenolic OH excluding ortho intramolecular Hbond substituents is 1. The van der Waals surface area contributed by atoms with E-state index in [-0.39, 0.29) is 5.75 Å². The molecular weight excluding hydrogens is 330 g/mol. The SMILES string of the molecule is COc1cc2ccc3c4cc(OC)c(OC)cc4c[n+](C)c3c2cc1O. The first-order valence-electron chi connectivity index (χ1n) is 8.25. The first kappa shape index (κ1) is 16.3. The van der Waals surface area contributed by atoms with Crippen LogP contribution in [0.3, 0.4) is 0 Å². The van der Waals surface area contributed by atoms with Crippen LogP contribution in [0.5, 0.6) is 23.0 Å². The summed E-state index contributed by atoms with van der Waals surface area (Å²) in [5, 5.41) is 15.4. The number of phenols is 1. The fourth-order valence-electron chi connectivity index (χ4n) is 3.59. The van der Waals surface area contributed by atoms with Crippen LogP contribution in [0.25, 0.3) is 32.4 Å². The number of aryl methyl sites for hydroxylation is 1. The Morgan fingerprint density at radius 2 is 1.38 bits per heavy atom. The van der Waals surface area contributed by atoms with E-state index in [2.05, 4.69) is 16.8 Å². The first-order valence-corrected chi connectivity index (χ1v) is 8.25. The van der Waals surface area contributed by atoms with Crippen molar-refractivity contribution in [1.29, 1.82) is 0 Å². The van der Waals surface area contributed by atoms with E-state index < -0.39 is 0 Å². The summed E-state index contributed by atoms with van der Waals surface area (Å²) < 4.78 is 18.2. The maximum absolute atomic E-state index is 10.3. The second-order valence-corrected chi connectivity index (χ2v) is 6.24. The zero-order valence-electron chi connectivity index (χ0n) is 15.2. The van der Waals surface area contributed by atoms with Crippen molar-refractivity contribution >= 4 is 32.4 Å². The highest BCUT2D eigenvalue weighted by Gasteiger charge is 2.18. The molecule has 4 aromatic rings. The number of ether oxygens (including phenoxy) is 3. The van der Waals surface area contributed by atoms with Gasteiger partial charge in [-0.2, -0.15) is 4.57 Å². The second-order valence-electron chi connectivity index (χ2n) is 6.24. The minimum Gasteiger partial charge on any atom is -0.504 e. The van der Waals surface area contributed by atoms with Gasteiger partial charge in [-0.25, -0.2) is 0 Å². The van der Waals surface area contributed by atoms with E-state index in [0.29, 0.717) is 17.2 Å². The Kier molecular flexibility index (Phi) is 3.72. The molecule has 3 aromatic carbocycles. The molecule has 5 heteroatoms. The lowest BCUT2D eigenvalue weighted by Crippen LogP contribution is -2.28. The van der Waals surface area contributed by atoms with Crippen LogP contribution in [0.1, 0.15) is 0 Å². The maximum Gasteiger partial charge on any atom is 0.220 e. The predicted molar refractivity (Wildman–Crippen MR) is 101 cm³/mol. The van der Waals surface area contributed by atoms with Gasteiger partial charge in [0.2, 0.25) is 5.52 Å². The zero-order valence-corrected chi connectivity index (χ0v) is 15.2. The number of hydrogen-bond acceptors (Lipinski definition) is 4. The zero-order chi connectivity index (χ0) is 18.4. The Morgan fingerprint density at radius 3 is 2.08 bits per heavy atom. The first-order chi connectivity index (χ1) is 12.6. The van der Waals surface area contributed by atoms with Gasteiger partial charge in [0.1, 0.15) is 7.05 Å². The van der Waals surface area contributed by atoms with Crippen LogP contribution in [0, 0.1) is 0 Å². The van der Waals surface area contributed by atoms with E-state index in [1.54, 1.807) is 27.4 Å².